The van der Waals surface area contributed by atoms with Gasteiger partial charge in [0.15, 0.2) is 0 Å². The van der Waals surface area contributed by atoms with Crippen LogP contribution >= 0.6 is 11.3 Å². The van der Waals surface area contributed by atoms with E-state index in [1.165, 1.54) is 11.3 Å². The number of amides is 1. The van der Waals surface area contributed by atoms with Crippen LogP contribution in [0.5, 0.6) is 0 Å². The fourth-order valence-corrected chi connectivity index (χ4v) is 1.43. The maximum Gasteiger partial charge on any atom is 0.270 e. The van der Waals surface area contributed by atoms with Crippen molar-refractivity contribution < 1.29 is 15.0 Å². The molecular weight excluding hydrogens is 204 g/mol. The van der Waals surface area contributed by atoms with Gasteiger partial charge in [0.1, 0.15) is 5.69 Å². The minimum Gasteiger partial charge on any atom is -0.394 e. The van der Waals surface area contributed by atoms with Crippen LogP contribution in [0.1, 0.15) is 15.5 Å². The van der Waals surface area contributed by atoms with Crippen molar-refractivity contribution in [2.75, 3.05) is 13.2 Å². The monoisotopic (exact) mass is 216 g/mol. The Hall–Kier alpha value is -0.980. The minimum atomic E-state index is -0.918. The molecule has 14 heavy (non-hydrogen) atoms. The lowest BCUT2D eigenvalue weighted by atomic mass is 10.3. The van der Waals surface area contributed by atoms with E-state index in [1.54, 1.807) is 5.38 Å². The fraction of sp³-hybridized carbons (Fsp3) is 0.500. The third-order valence-corrected chi connectivity index (χ3v) is 2.33. The van der Waals surface area contributed by atoms with Crippen LogP contribution in [-0.4, -0.2) is 40.4 Å². The van der Waals surface area contributed by atoms with Gasteiger partial charge in [0.25, 0.3) is 5.91 Å². The normalized spacial score (nSPS) is 12.5. The predicted molar refractivity (Wildman–Crippen MR) is 52.3 cm³/mol. The summed E-state index contributed by atoms with van der Waals surface area (Å²) in [6.07, 6.45) is -0.918. The molecule has 0 saturated heterocycles. The van der Waals surface area contributed by atoms with Gasteiger partial charge in [0, 0.05) is 11.9 Å². The number of aromatic nitrogens is 1. The van der Waals surface area contributed by atoms with E-state index in [0.717, 1.165) is 5.01 Å². The van der Waals surface area contributed by atoms with Gasteiger partial charge in [0.05, 0.1) is 17.7 Å². The predicted octanol–water partition coefficient (Wildman–Crippen LogP) is -0.465. The molecule has 78 valence electrons. The van der Waals surface area contributed by atoms with E-state index < -0.39 is 6.10 Å². The number of hydrogen-bond acceptors (Lipinski definition) is 5. The SMILES string of the molecule is Cc1nc(C(=O)NCC(O)CO)cs1. The highest BCUT2D eigenvalue weighted by Crippen LogP contribution is 2.07. The van der Waals surface area contributed by atoms with Crippen LogP contribution < -0.4 is 5.32 Å². The van der Waals surface area contributed by atoms with Crippen LogP contribution in [0, 0.1) is 6.92 Å². The second kappa shape index (κ2) is 5.04. The van der Waals surface area contributed by atoms with Gasteiger partial charge >= 0.3 is 0 Å². The quantitative estimate of drug-likeness (QED) is 0.635. The number of aliphatic hydroxyl groups excluding tert-OH is 2. The summed E-state index contributed by atoms with van der Waals surface area (Å²) in [7, 11) is 0. The molecule has 1 rings (SSSR count). The number of thiazole rings is 1. The van der Waals surface area contributed by atoms with E-state index in [0.29, 0.717) is 5.69 Å². The topological polar surface area (TPSA) is 82.5 Å². The molecule has 0 aliphatic heterocycles. The summed E-state index contributed by atoms with van der Waals surface area (Å²) < 4.78 is 0. The Balaban J connectivity index is 2.43. The maximum absolute atomic E-state index is 11.3. The molecule has 1 amide bonds. The molecule has 0 saturated carbocycles. The van der Waals surface area contributed by atoms with Crippen molar-refractivity contribution in [3.8, 4) is 0 Å². The molecule has 6 heteroatoms. The Kier molecular flexibility index (Phi) is 3.99. The van der Waals surface area contributed by atoms with Gasteiger partial charge in [-0.15, -0.1) is 11.3 Å². The summed E-state index contributed by atoms with van der Waals surface area (Å²) >= 11 is 1.39. The first-order chi connectivity index (χ1) is 6.63. The molecule has 1 atom stereocenters. The number of carbonyl (C=O) groups is 1. The van der Waals surface area contributed by atoms with Gasteiger partial charge in [-0.1, -0.05) is 0 Å². The molecule has 3 N–H and O–H groups in total. The lowest BCUT2D eigenvalue weighted by Crippen LogP contribution is -2.34. The van der Waals surface area contributed by atoms with E-state index >= 15 is 0 Å². The molecule has 1 aromatic rings. The zero-order valence-electron chi connectivity index (χ0n) is 7.73. The smallest absolute Gasteiger partial charge is 0.270 e. The molecule has 0 fully saturated rings. The Morgan fingerprint density at radius 3 is 3.00 bits per heavy atom. The Bertz CT molecular complexity index is 313. The van der Waals surface area contributed by atoms with Crippen molar-refractivity contribution in [3.63, 3.8) is 0 Å². The van der Waals surface area contributed by atoms with Gasteiger partial charge < -0.3 is 15.5 Å². The van der Waals surface area contributed by atoms with Crippen molar-refractivity contribution in [2.24, 2.45) is 0 Å². The highest BCUT2D eigenvalue weighted by atomic mass is 32.1. The highest BCUT2D eigenvalue weighted by Gasteiger charge is 2.10. The average molecular weight is 216 g/mol. The van der Waals surface area contributed by atoms with Gasteiger partial charge in [-0.05, 0) is 6.92 Å². The van der Waals surface area contributed by atoms with Crippen molar-refractivity contribution in [2.45, 2.75) is 13.0 Å². The zero-order chi connectivity index (χ0) is 10.6. The summed E-state index contributed by atoms with van der Waals surface area (Å²) in [5.74, 6) is -0.332. The largest absolute Gasteiger partial charge is 0.394 e. The number of hydrogen-bond donors (Lipinski definition) is 3. The van der Waals surface area contributed by atoms with Crippen LogP contribution in [0.25, 0.3) is 0 Å². The van der Waals surface area contributed by atoms with E-state index in [9.17, 15) is 4.79 Å². The number of rotatable bonds is 4. The third kappa shape index (κ3) is 3.06. The van der Waals surface area contributed by atoms with Crippen molar-refractivity contribution in [1.29, 1.82) is 0 Å². The molecule has 1 heterocycles. The number of nitrogens with zero attached hydrogens (tertiary/aromatic N) is 1. The summed E-state index contributed by atoms with van der Waals surface area (Å²) in [4.78, 5) is 15.3. The van der Waals surface area contributed by atoms with Crippen LogP contribution in [0.15, 0.2) is 5.38 Å². The zero-order valence-corrected chi connectivity index (χ0v) is 8.54. The molecular formula is C8H12N2O3S. The van der Waals surface area contributed by atoms with Gasteiger partial charge in [-0.3, -0.25) is 4.79 Å². The first kappa shape index (κ1) is 11.1. The highest BCUT2D eigenvalue weighted by molar-refractivity contribution is 7.09. The fourth-order valence-electron chi connectivity index (χ4n) is 0.833. The van der Waals surface area contributed by atoms with Crippen LogP contribution in [0.2, 0.25) is 0 Å². The van der Waals surface area contributed by atoms with Crippen molar-refractivity contribution in [3.05, 3.63) is 16.1 Å². The third-order valence-electron chi connectivity index (χ3n) is 1.56. The molecule has 1 unspecified atom stereocenters. The standard InChI is InChI=1S/C8H12N2O3S/c1-5-10-7(4-14-5)8(13)9-2-6(12)3-11/h4,6,11-12H,2-3H2,1H3,(H,9,13). The van der Waals surface area contributed by atoms with E-state index in [1.807, 2.05) is 6.92 Å². The molecule has 0 aliphatic rings. The summed E-state index contributed by atoms with van der Waals surface area (Å²) in [5.41, 5.74) is 0.345. The van der Waals surface area contributed by atoms with E-state index in [-0.39, 0.29) is 19.1 Å². The summed E-state index contributed by atoms with van der Waals surface area (Å²) in [6, 6.07) is 0. The Labute approximate surface area is 85.4 Å². The number of nitrogens with one attached hydrogen (secondary N) is 1. The average Bonchev–Trinajstić information content (AvgIpc) is 2.60. The van der Waals surface area contributed by atoms with E-state index in [4.69, 9.17) is 10.2 Å². The number of carbonyl (C=O) groups excluding carboxylic acids is 1. The number of aliphatic hydroxyl groups is 2. The molecule has 0 aliphatic carbocycles. The second-order valence-electron chi connectivity index (χ2n) is 2.80. The summed E-state index contributed by atoms with van der Waals surface area (Å²) in [5, 5.41) is 22.4. The van der Waals surface area contributed by atoms with E-state index in [2.05, 4.69) is 10.3 Å². The van der Waals surface area contributed by atoms with Gasteiger partial charge in [-0.2, -0.15) is 0 Å². The van der Waals surface area contributed by atoms with Crippen LogP contribution in [0.3, 0.4) is 0 Å². The minimum absolute atomic E-state index is 0.0336. The lowest BCUT2D eigenvalue weighted by Gasteiger charge is -2.07. The number of aryl methyl sites for hydroxylation is 1. The molecule has 0 radical (unpaired) electrons. The van der Waals surface area contributed by atoms with Gasteiger partial charge in [-0.25, -0.2) is 4.98 Å². The summed E-state index contributed by atoms with van der Waals surface area (Å²) in [6.45, 7) is 1.48. The van der Waals surface area contributed by atoms with Gasteiger partial charge in [0.2, 0.25) is 0 Å². The van der Waals surface area contributed by atoms with Crippen LogP contribution in [0.4, 0.5) is 0 Å². The lowest BCUT2D eigenvalue weighted by molar-refractivity contribution is 0.0799. The molecule has 1 aromatic heterocycles. The van der Waals surface area contributed by atoms with Crippen LogP contribution in [-0.2, 0) is 0 Å². The second-order valence-corrected chi connectivity index (χ2v) is 3.86. The molecule has 0 aromatic carbocycles. The maximum atomic E-state index is 11.3. The molecule has 5 nitrogen and oxygen atoms in total. The van der Waals surface area contributed by atoms with Crippen molar-refractivity contribution >= 4 is 17.2 Å². The Morgan fingerprint density at radius 1 is 1.79 bits per heavy atom. The Morgan fingerprint density at radius 2 is 2.50 bits per heavy atom. The van der Waals surface area contributed by atoms with Crippen molar-refractivity contribution in [1.82, 2.24) is 10.3 Å². The first-order valence-corrected chi connectivity index (χ1v) is 5.00. The first-order valence-electron chi connectivity index (χ1n) is 4.12. The molecule has 0 bridgehead atoms. The molecule has 0 spiro atoms.